The van der Waals surface area contributed by atoms with Crippen molar-refractivity contribution in [2.24, 2.45) is 0 Å². The quantitative estimate of drug-likeness (QED) is 0.594. The summed E-state index contributed by atoms with van der Waals surface area (Å²) in [6, 6.07) is 0. The Morgan fingerprint density at radius 1 is 1.70 bits per heavy atom. The summed E-state index contributed by atoms with van der Waals surface area (Å²) >= 11 is 1.77. The van der Waals surface area contributed by atoms with Gasteiger partial charge in [-0.05, 0) is 0 Å². The van der Waals surface area contributed by atoms with Gasteiger partial charge in [-0.1, -0.05) is 0 Å². The average Bonchev–Trinajstić information content (AvgIpc) is 2.46. The van der Waals surface area contributed by atoms with E-state index in [2.05, 4.69) is 31.9 Å². The first-order valence-electron chi connectivity index (χ1n) is 3.01. The second kappa shape index (κ2) is 6.76. The van der Waals surface area contributed by atoms with Gasteiger partial charge in [0.15, 0.2) is 0 Å². The fourth-order valence-corrected chi connectivity index (χ4v) is 1.55. The van der Waals surface area contributed by atoms with Crippen molar-refractivity contribution in [2.75, 3.05) is 0 Å². The van der Waals surface area contributed by atoms with Crippen LogP contribution in [0.4, 0.5) is 0 Å². The number of hydrogen-bond donors (Lipinski definition) is 0. The Kier molecular flexibility index (Phi) is 6.52. The van der Waals surface area contributed by atoms with Crippen molar-refractivity contribution < 1.29 is 19.2 Å². The molecule has 1 aliphatic rings. The average molecular weight is 181 g/mol. The van der Waals surface area contributed by atoms with E-state index in [1.165, 1.54) is 16.4 Å². The van der Waals surface area contributed by atoms with Gasteiger partial charge in [0.05, 0.1) is 0 Å². The minimum absolute atomic E-state index is 1.17. The first-order chi connectivity index (χ1) is 4.93. The van der Waals surface area contributed by atoms with Crippen LogP contribution < -0.4 is 0 Å². The summed E-state index contributed by atoms with van der Waals surface area (Å²) in [5, 5.41) is 1.22. The Labute approximate surface area is 68.0 Å². The molecule has 0 heterocycles. The largest absolute Gasteiger partial charge is 0.281 e. The second-order valence-electron chi connectivity index (χ2n) is 1.54. The topological polar surface area (TPSA) is 17.1 Å². The summed E-state index contributed by atoms with van der Waals surface area (Å²) in [5.41, 5.74) is 0. The summed E-state index contributed by atoms with van der Waals surface area (Å²) in [7, 11) is 0. The molecule has 0 N–H and O–H groups in total. The molecular weight excluding hydrogens is 171 g/mol. The van der Waals surface area contributed by atoms with Crippen LogP contribution in [0.15, 0.2) is 22.8 Å². The van der Waals surface area contributed by atoms with Gasteiger partial charge < -0.3 is 0 Å². The van der Waals surface area contributed by atoms with Crippen LogP contribution in [0, 0.1) is 0 Å². The molecule has 0 atom stereocenters. The van der Waals surface area contributed by atoms with E-state index in [-0.39, 0.29) is 0 Å². The van der Waals surface area contributed by atoms with Crippen LogP contribution in [-0.2, 0) is 19.2 Å². The van der Waals surface area contributed by atoms with Crippen molar-refractivity contribution in [3.63, 3.8) is 0 Å². The molecule has 0 amide bonds. The standard InChI is InChI=1S/C5H5.C2H5.CO.Ni/c1-2-4-5-3-1;2*1-2;/h1-3H,4H2;1H2,2H3;;. The van der Waals surface area contributed by atoms with Crippen molar-refractivity contribution in [2.45, 2.75) is 18.7 Å². The molecule has 0 fully saturated rings. The molecule has 1 aliphatic carbocycles. The Morgan fingerprint density at radius 2 is 2.40 bits per heavy atom. The van der Waals surface area contributed by atoms with Crippen molar-refractivity contribution in [1.29, 1.82) is 0 Å². The van der Waals surface area contributed by atoms with Crippen molar-refractivity contribution in [3.8, 4) is 0 Å². The van der Waals surface area contributed by atoms with Gasteiger partial charge in [-0.25, -0.2) is 0 Å². The number of rotatable bonds is 2. The molecule has 0 aromatic heterocycles. The van der Waals surface area contributed by atoms with E-state index in [1.54, 1.807) is 14.4 Å². The van der Waals surface area contributed by atoms with Gasteiger partial charge in [0.1, 0.15) is 0 Å². The molecule has 0 saturated heterocycles. The van der Waals surface area contributed by atoms with Crippen molar-refractivity contribution in [1.82, 2.24) is 0 Å². The third kappa shape index (κ3) is 3.63. The molecule has 0 unspecified atom stereocenters. The molecule has 0 spiro atoms. The summed E-state index contributed by atoms with van der Waals surface area (Å²) in [6.07, 6.45) is 7.70. The predicted molar refractivity (Wildman–Crippen MR) is 38.0 cm³/mol. The van der Waals surface area contributed by atoms with Crippen LogP contribution in [0.1, 0.15) is 13.3 Å². The number of allylic oxidation sites excluding steroid dienone is 4. The minimum atomic E-state index is 1.17. The van der Waals surface area contributed by atoms with Crippen molar-refractivity contribution in [3.05, 3.63) is 22.8 Å². The van der Waals surface area contributed by atoms with Crippen molar-refractivity contribution >= 4 is 6.79 Å². The molecule has 10 heavy (non-hydrogen) atoms. The summed E-state index contributed by atoms with van der Waals surface area (Å²) < 4.78 is 1.53. The summed E-state index contributed by atoms with van der Waals surface area (Å²) in [5.74, 6) is 0. The maximum absolute atomic E-state index is 7.50. The zero-order valence-corrected chi connectivity index (χ0v) is 6.86. The fraction of sp³-hybridized carbons (Fsp3) is 0.375. The summed E-state index contributed by atoms with van der Waals surface area (Å²) in [4.78, 5) is 7.50. The zero-order valence-electron chi connectivity index (χ0n) is 5.87. The second-order valence-corrected chi connectivity index (χ2v) is 3.22. The first kappa shape index (κ1) is 9.64. The Bertz CT molecular complexity index is 138. The first-order valence-corrected chi connectivity index (χ1v) is 4.20. The fourth-order valence-electron chi connectivity index (χ4n) is 0.634. The monoisotopic (exact) mass is 180 g/mol. The van der Waals surface area contributed by atoms with E-state index in [0.717, 1.165) is 0 Å². The number of hydrogen-bond acceptors (Lipinski definition) is 1. The van der Waals surface area contributed by atoms with Gasteiger partial charge in [0.25, 0.3) is 6.79 Å². The Balaban J connectivity index is 0.000000371. The molecule has 0 saturated carbocycles. The maximum Gasteiger partial charge on any atom is 0.281 e. The van der Waals surface area contributed by atoms with E-state index in [1.807, 2.05) is 0 Å². The molecule has 1 rings (SSSR count). The van der Waals surface area contributed by atoms with Gasteiger partial charge in [0, 0.05) is 0 Å². The molecule has 58 valence electrons. The van der Waals surface area contributed by atoms with Gasteiger partial charge in [-0.3, -0.25) is 4.79 Å². The summed E-state index contributed by atoms with van der Waals surface area (Å²) in [6.45, 7) is 6.69. The van der Waals surface area contributed by atoms with E-state index < -0.39 is 0 Å². The molecule has 1 nitrogen and oxygen atoms in total. The van der Waals surface area contributed by atoms with E-state index in [9.17, 15) is 0 Å². The van der Waals surface area contributed by atoms with Crippen LogP contribution in [0.25, 0.3) is 0 Å². The van der Waals surface area contributed by atoms with Gasteiger partial charge in [-0.15, -0.1) is 0 Å². The van der Waals surface area contributed by atoms with Crippen LogP contribution in [0.5, 0.6) is 0 Å². The molecule has 0 aromatic carbocycles. The van der Waals surface area contributed by atoms with Crippen LogP contribution in [0.3, 0.4) is 0 Å². The third-order valence-electron chi connectivity index (χ3n) is 0.959. The van der Waals surface area contributed by atoms with E-state index >= 15 is 0 Å². The normalized spacial score (nSPS) is 14.3. The van der Waals surface area contributed by atoms with Gasteiger partial charge in [-0.2, -0.15) is 0 Å². The molecule has 2 heteroatoms. The maximum atomic E-state index is 7.50. The smallest absolute Gasteiger partial charge is 0.281 e. The molecular formula is C8H10NiO. The van der Waals surface area contributed by atoms with E-state index in [4.69, 9.17) is 4.79 Å². The minimum Gasteiger partial charge on any atom is -0.281 e. The van der Waals surface area contributed by atoms with Crippen LogP contribution in [-0.4, -0.2) is 6.79 Å². The molecule has 2 radical (unpaired) electrons. The SMILES string of the molecule is C[CH2][Ni][C]1=CC=CC1.[C]=O. The Hall–Kier alpha value is -0.356. The predicted octanol–water partition coefficient (Wildman–Crippen LogP) is 1.95. The molecule has 0 aromatic rings. The Morgan fingerprint density at radius 3 is 2.80 bits per heavy atom. The van der Waals surface area contributed by atoms with Crippen LogP contribution >= 0.6 is 0 Å². The number of carbonyl (C=O) groups excluding carboxylic acids is 1. The van der Waals surface area contributed by atoms with E-state index in [0.29, 0.717) is 0 Å². The zero-order chi connectivity index (χ0) is 7.82. The molecule has 0 aliphatic heterocycles. The van der Waals surface area contributed by atoms with Crippen LogP contribution in [0.2, 0.25) is 5.39 Å². The van der Waals surface area contributed by atoms with Gasteiger partial charge >= 0.3 is 55.9 Å². The third-order valence-corrected chi connectivity index (χ3v) is 2.12. The van der Waals surface area contributed by atoms with Gasteiger partial charge in [0.2, 0.25) is 0 Å². The molecule has 0 bridgehead atoms.